The topological polar surface area (TPSA) is 98.7 Å². The number of primary amides is 1. The molecular weight excluding hydrogens is 370 g/mol. The molecule has 150 valence electrons. The molecule has 0 saturated carbocycles. The maximum Gasteiger partial charge on any atom is 0.270 e. The van der Waals surface area contributed by atoms with Crippen LogP contribution in [-0.4, -0.2) is 23.1 Å². The standard InChI is InChI=1S/C22H23N3O4/c1-14-4-6-18-17(12-14)21(2,3)22(24(18)11-9-20(23)26)10-8-15-13-16(25(27)28)5-7-19(15)29-22/h4-8,10,12-13H,9,11H2,1-3H3,(H2,23,26)/t22-/m0/s1. The summed E-state index contributed by atoms with van der Waals surface area (Å²) in [5.74, 6) is 0.189. The van der Waals surface area contributed by atoms with Gasteiger partial charge in [0.1, 0.15) is 5.75 Å². The molecule has 7 nitrogen and oxygen atoms in total. The number of carbonyl (C=O) groups excluding carboxylic acids is 1. The molecule has 2 N–H and O–H groups in total. The molecule has 29 heavy (non-hydrogen) atoms. The molecule has 2 aromatic rings. The number of nitro groups is 1. The highest BCUT2D eigenvalue weighted by atomic mass is 16.6. The summed E-state index contributed by atoms with van der Waals surface area (Å²) < 4.78 is 6.56. The Kier molecular flexibility index (Phi) is 4.15. The molecule has 2 aliphatic heterocycles. The summed E-state index contributed by atoms with van der Waals surface area (Å²) in [6.45, 7) is 6.66. The van der Waals surface area contributed by atoms with Crippen molar-refractivity contribution in [3.05, 3.63) is 69.3 Å². The Morgan fingerprint density at radius 2 is 2.00 bits per heavy atom. The lowest BCUT2D eigenvalue weighted by Crippen LogP contribution is -2.60. The maximum atomic E-state index is 11.5. The smallest absolute Gasteiger partial charge is 0.270 e. The summed E-state index contributed by atoms with van der Waals surface area (Å²) >= 11 is 0. The minimum Gasteiger partial charge on any atom is -0.463 e. The third kappa shape index (κ3) is 2.76. The molecule has 2 aliphatic rings. The van der Waals surface area contributed by atoms with Crippen LogP contribution >= 0.6 is 0 Å². The lowest BCUT2D eigenvalue weighted by Gasteiger charge is -2.47. The first-order chi connectivity index (χ1) is 13.7. The van der Waals surface area contributed by atoms with E-state index in [1.165, 1.54) is 12.1 Å². The molecule has 0 unspecified atom stereocenters. The van der Waals surface area contributed by atoms with Crippen molar-refractivity contribution in [1.29, 1.82) is 0 Å². The first kappa shape index (κ1) is 19.0. The number of non-ortho nitro benzene ring substituents is 1. The Hall–Kier alpha value is -3.35. The summed E-state index contributed by atoms with van der Waals surface area (Å²) in [4.78, 5) is 24.3. The Labute approximate surface area is 168 Å². The molecule has 1 amide bonds. The zero-order valence-electron chi connectivity index (χ0n) is 16.6. The van der Waals surface area contributed by atoms with Crippen LogP contribution in [0.2, 0.25) is 0 Å². The molecule has 1 atom stereocenters. The Morgan fingerprint density at radius 1 is 1.24 bits per heavy atom. The van der Waals surface area contributed by atoms with E-state index in [0.29, 0.717) is 17.9 Å². The highest BCUT2D eigenvalue weighted by molar-refractivity contribution is 5.77. The zero-order valence-corrected chi connectivity index (χ0v) is 16.6. The number of hydrogen-bond acceptors (Lipinski definition) is 5. The lowest BCUT2D eigenvalue weighted by molar-refractivity contribution is -0.384. The summed E-state index contributed by atoms with van der Waals surface area (Å²) in [6, 6.07) is 10.8. The molecule has 0 aromatic heterocycles. The summed E-state index contributed by atoms with van der Waals surface area (Å²) in [5, 5.41) is 11.1. The number of rotatable bonds is 4. The number of amides is 1. The van der Waals surface area contributed by atoms with Crippen molar-refractivity contribution < 1.29 is 14.5 Å². The van der Waals surface area contributed by atoms with Gasteiger partial charge in [0.25, 0.3) is 5.69 Å². The second-order valence-corrected chi connectivity index (χ2v) is 8.12. The van der Waals surface area contributed by atoms with E-state index < -0.39 is 16.1 Å². The number of nitrogens with two attached hydrogens (primary N) is 1. The zero-order chi connectivity index (χ0) is 21.0. The van der Waals surface area contributed by atoms with Gasteiger partial charge in [-0.25, -0.2) is 0 Å². The van der Waals surface area contributed by atoms with Crippen LogP contribution in [0.15, 0.2) is 42.5 Å². The molecule has 7 heteroatoms. The summed E-state index contributed by atoms with van der Waals surface area (Å²) in [5.41, 5.74) is 8.05. The third-order valence-corrected chi connectivity index (χ3v) is 5.95. The number of hydrogen-bond donors (Lipinski definition) is 1. The van der Waals surface area contributed by atoms with Gasteiger partial charge in [-0.05, 0) is 50.6 Å². The van der Waals surface area contributed by atoms with Crippen LogP contribution in [0.5, 0.6) is 5.75 Å². The molecule has 0 aliphatic carbocycles. The predicted octanol–water partition coefficient (Wildman–Crippen LogP) is 3.68. The Bertz CT molecular complexity index is 1060. The minimum absolute atomic E-state index is 0.0168. The quantitative estimate of drug-likeness (QED) is 0.631. The third-order valence-electron chi connectivity index (χ3n) is 5.95. The van der Waals surface area contributed by atoms with Crippen molar-refractivity contribution in [2.75, 3.05) is 11.4 Å². The Morgan fingerprint density at radius 3 is 2.69 bits per heavy atom. The van der Waals surface area contributed by atoms with Crippen molar-refractivity contribution in [3.8, 4) is 5.75 Å². The summed E-state index contributed by atoms with van der Waals surface area (Å²) in [7, 11) is 0. The SMILES string of the molecule is Cc1ccc2c(c1)C(C)(C)[C@@]1(C=Cc3cc([N+](=O)[O-])ccc3O1)N2CCC(N)=O. The van der Waals surface area contributed by atoms with Gasteiger partial charge in [0.15, 0.2) is 0 Å². The highest BCUT2D eigenvalue weighted by Crippen LogP contribution is 2.55. The van der Waals surface area contributed by atoms with Crippen LogP contribution in [-0.2, 0) is 10.2 Å². The lowest BCUT2D eigenvalue weighted by atomic mass is 9.76. The van der Waals surface area contributed by atoms with E-state index in [9.17, 15) is 14.9 Å². The molecule has 0 bridgehead atoms. The first-order valence-electron chi connectivity index (χ1n) is 9.49. The van der Waals surface area contributed by atoms with Gasteiger partial charge in [-0.3, -0.25) is 14.9 Å². The molecule has 0 radical (unpaired) electrons. The van der Waals surface area contributed by atoms with Crippen molar-refractivity contribution >= 4 is 23.4 Å². The van der Waals surface area contributed by atoms with Crippen molar-refractivity contribution in [1.82, 2.24) is 0 Å². The van der Waals surface area contributed by atoms with Crippen LogP contribution in [0.3, 0.4) is 0 Å². The minimum atomic E-state index is -0.873. The van der Waals surface area contributed by atoms with E-state index in [4.69, 9.17) is 10.5 Å². The average Bonchev–Trinajstić information content (AvgIpc) is 2.83. The van der Waals surface area contributed by atoms with Crippen molar-refractivity contribution in [2.45, 2.75) is 38.3 Å². The van der Waals surface area contributed by atoms with Gasteiger partial charge in [-0.15, -0.1) is 0 Å². The molecule has 4 rings (SSSR count). The van der Waals surface area contributed by atoms with Gasteiger partial charge in [-0.2, -0.15) is 0 Å². The second-order valence-electron chi connectivity index (χ2n) is 8.12. The fourth-order valence-corrected chi connectivity index (χ4v) is 4.36. The second kappa shape index (κ2) is 6.34. The molecular formula is C22H23N3O4. The van der Waals surface area contributed by atoms with Crippen LogP contribution < -0.4 is 15.4 Å². The maximum absolute atomic E-state index is 11.5. The number of fused-ring (bicyclic) bond motifs is 2. The van der Waals surface area contributed by atoms with Crippen LogP contribution in [0, 0.1) is 17.0 Å². The molecule has 1 spiro atoms. The van der Waals surface area contributed by atoms with E-state index in [2.05, 4.69) is 24.8 Å². The van der Waals surface area contributed by atoms with E-state index >= 15 is 0 Å². The number of ether oxygens (including phenoxy) is 1. The van der Waals surface area contributed by atoms with E-state index in [1.54, 1.807) is 6.07 Å². The van der Waals surface area contributed by atoms with Gasteiger partial charge < -0.3 is 15.4 Å². The fourth-order valence-electron chi connectivity index (χ4n) is 4.36. The largest absolute Gasteiger partial charge is 0.463 e. The number of anilines is 1. The number of nitro benzene ring substituents is 1. The molecule has 0 fully saturated rings. The molecule has 0 saturated heterocycles. The summed E-state index contributed by atoms with van der Waals surface area (Å²) in [6.07, 6.45) is 3.99. The van der Waals surface area contributed by atoms with E-state index in [-0.39, 0.29) is 18.0 Å². The number of carbonyl (C=O) groups is 1. The van der Waals surface area contributed by atoms with Gasteiger partial charge >= 0.3 is 0 Å². The van der Waals surface area contributed by atoms with Gasteiger partial charge in [0.2, 0.25) is 11.6 Å². The van der Waals surface area contributed by atoms with Gasteiger partial charge in [-0.1, -0.05) is 17.7 Å². The van der Waals surface area contributed by atoms with Crippen LogP contribution in [0.1, 0.15) is 37.0 Å². The highest BCUT2D eigenvalue weighted by Gasteiger charge is 2.58. The first-order valence-corrected chi connectivity index (χ1v) is 9.49. The normalized spacial score (nSPS) is 20.9. The monoisotopic (exact) mass is 393 g/mol. The van der Waals surface area contributed by atoms with Gasteiger partial charge in [0, 0.05) is 36.3 Å². The van der Waals surface area contributed by atoms with Gasteiger partial charge in [0.05, 0.1) is 10.3 Å². The van der Waals surface area contributed by atoms with E-state index in [1.807, 2.05) is 31.2 Å². The average molecular weight is 393 g/mol. The predicted molar refractivity (Wildman–Crippen MR) is 111 cm³/mol. The van der Waals surface area contributed by atoms with E-state index in [0.717, 1.165) is 16.8 Å². The van der Waals surface area contributed by atoms with Crippen molar-refractivity contribution in [3.63, 3.8) is 0 Å². The Balaban J connectivity index is 1.85. The molecule has 2 heterocycles. The van der Waals surface area contributed by atoms with Crippen molar-refractivity contribution in [2.24, 2.45) is 5.73 Å². The van der Waals surface area contributed by atoms with Crippen LogP contribution in [0.25, 0.3) is 6.08 Å². The number of nitrogens with zero attached hydrogens (tertiary/aromatic N) is 2. The number of benzene rings is 2. The fraction of sp³-hybridized carbons (Fsp3) is 0.318. The molecule has 2 aromatic carbocycles. The number of aryl methyl sites for hydroxylation is 1. The van der Waals surface area contributed by atoms with Crippen LogP contribution in [0.4, 0.5) is 11.4 Å².